The molecule has 1 rings (SSSR count). The maximum Gasteiger partial charge on any atom is 0.0503 e. The van der Waals surface area contributed by atoms with Gasteiger partial charge in [-0.25, -0.2) is 0 Å². The normalized spacial score (nSPS) is 21.8. The molecule has 1 heterocycles. The first-order valence-corrected chi connectivity index (χ1v) is 6.78. The van der Waals surface area contributed by atoms with Crippen molar-refractivity contribution >= 4 is 0 Å². The van der Waals surface area contributed by atoms with Crippen molar-refractivity contribution in [2.75, 3.05) is 46.4 Å². The first kappa shape index (κ1) is 13.9. The zero-order valence-electron chi connectivity index (χ0n) is 11.0. The highest BCUT2D eigenvalue weighted by molar-refractivity contribution is 4.75. The van der Waals surface area contributed by atoms with Crippen LogP contribution in [0.2, 0.25) is 0 Å². The molecule has 96 valence electrons. The zero-order valence-corrected chi connectivity index (χ0v) is 11.0. The zero-order chi connectivity index (χ0) is 11.6. The van der Waals surface area contributed by atoms with Gasteiger partial charge in [0.15, 0.2) is 0 Å². The molecular formula is C13H28N2O. The van der Waals surface area contributed by atoms with Gasteiger partial charge in [0.2, 0.25) is 0 Å². The molecule has 16 heavy (non-hydrogen) atoms. The fourth-order valence-corrected chi connectivity index (χ4v) is 2.35. The van der Waals surface area contributed by atoms with Crippen LogP contribution in [0.15, 0.2) is 0 Å². The second-order valence-corrected chi connectivity index (χ2v) is 4.87. The van der Waals surface area contributed by atoms with Crippen molar-refractivity contribution in [3.8, 4) is 0 Å². The van der Waals surface area contributed by atoms with E-state index in [1.807, 2.05) is 0 Å². The van der Waals surface area contributed by atoms with Crippen molar-refractivity contribution in [3.63, 3.8) is 0 Å². The van der Waals surface area contributed by atoms with E-state index in [1.165, 1.54) is 51.9 Å². The van der Waals surface area contributed by atoms with Crippen molar-refractivity contribution in [2.45, 2.75) is 32.6 Å². The number of nitrogens with one attached hydrogen (secondary N) is 1. The summed E-state index contributed by atoms with van der Waals surface area (Å²) in [5, 5.41) is 3.52. The maximum atomic E-state index is 5.20. The van der Waals surface area contributed by atoms with E-state index in [9.17, 15) is 0 Å². The monoisotopic (exact) mass is 228 g/mol. The Kier molecular flexibility index (Phi) is 7.81. The second kappa shape index (κ2) is 8.97. The van der Waals surface area contributed by atoms with Crippen molar-refractivity contribution in [1.82, 2.24) is 10.2 Å². The third kappa shape index (κ3) is 5.83. The smallest absolute Gasteiger partial charge is 0.0503 e. The number of rotatable bonds is 9. The Bertz CT molecular complexity index is 164. The van der Waals surface area contributed by atoms with Crippen LogP contribution in [0.1, 0.15) is 32.6 Å². The Hall–Kier alpha value is -0.120. The van der Waals surface area contributed by atoms with Gasteiger partial charge in [-0.3, -0.25) is 0 Å². The minimum atomic E-state index is 0.769. The van der Waals surface area contributed by atoms with Gasteiger partial charge in [0, 0.05) is 26.7 Å². The maximum absolute atomic E-state index is 5.20. The number of hydrogen-bond acceptors (Lipinski definition) is 3. The van der Waals surface area contributed by atoms with Crippen LogP contribution >= 0.6 is 0 Å². The molecule has 1 atom stereocenters. The minimum absolute atomic E-state index is 0.769. The predicted molar refractivity (Wildman–Crippen MR) is 68.8 cm³/mol. The van der Waals surface area contributed by atoms with Crippen LogP contribution in [0.4, 0.5) is 0 Å². The lowest BCUT2D eigenvalue weighted by Gasteiger charge is -2.16. The quantitative estimate of drug-likeness (QED) is 0.608. The Morgan fingerprint density at radius 2 is 2.19 bits per heavy atom. The molecule has 3 nitrogen and oxygen atoms in total. The first-order valence-electron chi connectivity index (χ1n) is 6.78. The lowest BCUT2D eigenvalue weighted by atomic mass is 10.1. The predicted octanol–water partition coefficient (Wildman–Crippen LogP) is 1.73. The highest BCUT2D eigenvalue weighted by Gasteiger charge is 2.21. The Labute approximate surface area is 101 Å². The number of likely N-dealkylation sites (tertiary alicyclic amines) is 1. The molecule has 1 aliphatic heterocycles. The molecule has 0 aromatic rings. The van der Waals surface area contributed by atoms with Gasteiger partial charge in [-0.1, -0.05) is 19.8 Å². The summed E-state index contributed by atoms with van der Waals surface area (Å²) in [7, 11) is 1.80. The van der Waals surface area contributed by atoms with Gasteiger partial charge in [0.05, 0.1) is 6.61 Å². The number of unbranched alkanes of at least 4 members (excludes halogenated alkanes) is 2. The highest BCUT2D eigenvalue weighted by Crippen LogP contribution is 2.15. The Balaban J connectivity index is 1.90. The van der Waals surface area contributed by atoms with Gasteiger partial charge in [-0.2, -0.15) is 0 Å². The fourth-order valence-electron chi connectivity index (χ4n) is 2.35. The lowest BCUT2D eigenvalue weighted by Crippen LogP contribution is -2.31. The van der Waals surface area contributed by atoms with E-state index in [-0.39, 0.29) is 0 Å². The minimum Gasteiger partial charge on any atom is -0.384 e. The molecule has 0 aliphatic carbocycles. The summed E-state index contributed by atoms with van der Waals surface area (Å²) < 4.78 is 5.20. The van der Waals surface area contributed by atoms with Crippen LogP contribution < -0.4 is 5.32 Å². The van der Waals surface area contributed by atoms with E-state index in [4.69, 9.17) is 4.74 Å². The van der Waals surface area contributed by atoms with Crippen LogP contribution in [0.3, 0.4) is 0 Å². The van der Waals surface area contributed by atoms with Crippen molar-refractivity contribution in [2.24, 2.45) is 5.92 Å². The molecule has 1 N–H and O–H groups in total. The molecule has 1 unspecified atom stereocenters. The first-order chi connectivity index (χ1) is 7.86. The van der Waals surface area contributed by atoms with E-state index in [0.29, 0.717) is 0 Å². The number of nitrogens with zero attached hydrogens (tertiary/aromatic N) is 1. The van der Waals surface area contributed by atoms with E-state index in [1.54, 1.807) is 7.11 Å². The van der Waals surface area contributed by atoms with Crippen molar-refractivity contribution in [3.05, 3.63) is 0 Å². The van der Waals surface area contributed by atoms with Crippen LogP contribution in [0.5, 0.6) is 0 Å². The molecule has 1 aliphatic rings. The van der Waals surface area contributed by atoms with Crippen LogP contribution in [0, 0.1) is 5.92 Å². The van der Waals surface area contributed by atoms with Gasteiger partial charge in [-0.05, 0) is 31.8 Å². The average Bonchev–Trinajstić information content (AvgIpc) is 2.72. The molecular weight excluding hydrogens is 200 g/mol. The third-order valence-corrected chi connectivity index (χ3v) is 3.33. The molecule has 0 radical (unpaired) electrons. The summed E-state index contributed by atoms with van der Waals surface area (Å²) in [4.78, 5) is 2.55. The van der Waals surface area contributed by atoms with E-state index < -0.39 is 0 Å². The largest absolute Gasteiger partial charge is 0.384 e. The van der Waals surface area contributed by atoms with E-state index in [0.717, 1.165) is 19.1 Å². The van der Waals surface area contributed by atoms with E-state index in [2.05, 4.69) is 17.1 Å². The highest BCUT2D eigenvalue weighted by atomic mass is 16.5. The Morgan fingerprint density at radius 1 is 1.31 bits per heavy atom. The van der Waals surface area contributed by atoms with Crippen LogP contribution in [-0.4, -0.2) is 51.3 Å². The van der Waals surface area contributed by atoms with Gasteiger partial charge >= 0.3 is 0 Å². The summed E-state index contributed by atoms with van der Waals surface area (Å²) in [6, 6.07) is 0. The summed E-state index contributed by atoms with van der Waals surface area (Å²) in [6.45, 7) is 9.19. The van der Waals surface area contributed by atoms with Gasteiger partial charge in [0.25, 0.3) is 0 Å². The van der Waals surface area contributed by atoms with Crippen LogP contribution in [-0.2, 0) is 4.74 Å². The lowest BCUT2D eigenvalue weighted by molar-refractivity contribution is 0.153. The number of hydrogen-bond donors (Lipinski definition) is 1. The molecule has 1 saturated heterocycles. The summed E-state index contributed by atoms with van der Waals surface area (Å²) in [6.07, 6.45) is 5.30. The standard InChI is InChI=1S/C13H28N2O/c1-3-4-5-7-14-8-10-15-9-6-13(11-15)12-16-2/h13-14H,3-12H2,1-2H3. The second-order valence-electron chi connectivity index (χ2n) is 4.87. The molecule has 1 fully saturated rings. The summed E-state index contributed by atoms with van der Waals surface area (Å²) in [5.41, 5.74) is 0. The molecule has 0 aromatic heterocycles. The number of methoxy groups -OCH3 is 1. The SMILES string of the molecule is CCCCCNCCN1CCC(COC)C1. The molecule has 0 amide bonds. The molecule has 0 bridgehead atoms. The van der Waals surface area contributed by atoms with E-state index >= 15 is 0 Å². The molecule has 0 aromatic carbocycles. The van der Waals surface area contributed by atoms with Crippen molar-refractivity contribution < 1.29 is 4.74 Å². The molecule has 3 heteroatoms. The average molecular weight is 228 g/mol. The third-order valence-electron chi connectivity index (χ3n) is 3.33. The topological polar surface area (TPSA) is 24.5 Å². The Morgan fingerprint density at radius 3 is 2.94 bits per heavy atom. The van der Waals surface area contributed by atoms with Crippen LogP contribution in [0.25, 0.3) is 0 Å². The van der Waals surface area contributed by atoms with Gasteiger partial charge in [0.1, 0.15) is 0 Å². The van der Waals surface area contributed by atoms with Gasteiger partial charge in [-0.15, -0.1) is 0 Å². The molecule has 0 spiro atoms. The molecule has 0 saturated carbocycles. The van der Waals surface area contributed by atoms with Crippen molar-refractivity contribution in [1.29, 1.82) is 0 Å². The fraction of sp³-hybridized carbons (Fsp3) is 1.00. The summed E-state index contributed by atoms with van der Waals surface area (Å²) in [5.74, 6) is 0.769. The van der Waals surface area contributed by atoms with Gasteiger partial charge < -0.3 is 15.0 Å². The summed E-state index contributed by atoms with van der Waals surface area (Å²) >= 11 is 0. The number of ether oxygens (including phenoxy) is 1.